The Kier molecular flexibility index (Phi) is 2.25. The van der Waals surface area contributed by atoms with Crippen LogP contribution < -0.4 is 11.1 Å². The van der Waals surface area contributed by atoms with Crippen molar-refractivity contribution in [2.75, 3.05) is 0 Å². The Morgan fingerprint density at radius 3 is 2.33 bits per heavy atom. The summed E-state index contributed by atoms with van der Waals surface area (Å²) in [5.41, 5.74) is 1.55. The molecule has 4 nitrogen and oxygen atoms in total. The maximum absolute atomic E-state index is 11.4. The van der Waals surface area contributed by atoms with E-state index in [1.807, 2.05) is 0 Å². The van der Waals surface area contributed by atoms with Crippen molar-refractivity contribution in [2.24, 2.45) is 0 Å². The van der Waals surface area contributed by atoms with E-state index in [0.29, 0.717) is 17.0 Å². The predicted molar refractivity (Wildman–Crippen MR) is 57.9 cm³/mol. The first-order chi connectivity index (χ1) is 7.16. The summed E-state index contributed by atoms with van der Waals surface area (Å²) in [4.78, 5) is 27.8. The molecule has 0 unspecified atom stereocenters. The van der Waals surface area contributed by atoms with E-state index in [1.165, 1.54) is 6.07 Å². The predicted octanol–water partition coefficient (Wildman–Crippen LogP) is 1.04. The molecule has 0 aliphatic rings. The molecule has 2 aromatic rings. The molecule has 0 radical (unpaired) electrons. The number of aromatic amines is 2. The van der Waals surface area contributed by atoms with Crippen LogP contribution in [-0.4, -0.2) is 9.97 Å². The third kappa shape index (κ3) is 1.88. The standard InChI is InChI=1S/C11H10N2O2/c1-7-5-6-9(13-11(7)15)8-3-2-4-10(14)12-8/h2-6H,1H3,(H,12,14)(H,13,15). The van der Waals surface area contributed by atoms with Crippen molar-refractivity contribution >= 4 is 0 Å². The summed E-state index contributed by atoms with van der Waals surface area (Å²) < 4.78 is 0. The largest absolute Gasteiger partial charge is 0.321 e. The quantitative estimate of drug-likeness (QED) is 0.725. The van der Waals surface area contributed by atoms with Crippen LogP contribution in [0.3, 0.4) is 0 Å². The number of aromatic nitrogens is 2. The highest BCUT2D eigenvalue weighted by molar-refractivity contribution is 5.53. The molecule has 0 fully saturated rings. The summed E-state index contributed by atoms with van der Waals surface area (Å²) in [6.07, 6.45) is 0. The Bertz CT molecular complexity index is 596. The monoisotopic (exact) mass is 202 g/mol. The molecule has 0 aliphatic heterocycles. The fraction of sp³-hybridized carbons (Fsp3) is 0.0909. The highest BCUT2D eigenvalue weighted by atomic mass is 16.1. The smallest absolute Gasteiger partial charge is 0.251 e. The first-order valence-electron chi connectivity index (χ1n) is 4.56. The van der Waals surface area contributed by atoms with E-state index in [-0.39, 0.29) is 11.1 Å². The molecule has 2 N–H and O–H groups in total. The Morgan fingerprint density at radius 1 is 0.933 bits per heavy atom. The number of H-pyrrole nitrogens is 2. The molecule has 76 valence electrons. The van der Waals surface area contributed by atoms with Gasteiger partial charge in [0.15, 0.2) is 0 Å². The third-order valence-corrected chi connectivity index (χ3v) is 2.16. The second kappa shape index (κ2) is 3.57. The molecule has 0 aliphatic carbocycles. The van der Waals surface area contributed by atoms with Gasteiger partial charge in [-0.25, -0.2) is 0 Å². The lowest BCUT2D eigenvalue weighted by Crippen LogP contribution is -2.11. The summed E-state index contributed by atoms with van der Waals surface area (Å²) in [5, 5.41) is 0. The van der Waals surface area contributed by atoms with Gasteiger partial charge in [-0.15, -0.1) is 0 Å². The van der Waals surface area contributed by atoms with Crippen LogP contribution in [0.5, 0.6) is 0 Å². The van der Waals surface area contributed by atoms with Gasteiger partial charge in [0, 0.05) is 11.6 Å². The lowest BCUT2D eigenvalue weighted by atomic mass is 10.2. The highest BCUT2D eigenvalue weighted by Gasteiger charge is 2.00. The minimum atomic E-state index is -0.186. The van der Waals surface area contributed by atoms with Crippen LogP contribution in [0.4, 0.5) is 0 Å². The molecule has 2 aromatic heterocycles. The van der Waals surface area contributed by atoms with Gasteiger partial charge >= 0.3 is 0 Å². The van der Waals surface area contributed by atoms with Crippen LogP contribution in [0.1, 0.15) is 5.56 Å². The molecule has 2 heterocycles. The molecule has 2 rings (SSSR count). The molecule has 0 saturated heterocycles. The van der Waals surface area contributed by atoms with E-state index < -0.39 is 0 Å². The number of hydrogen-bond donors (Lipinski definition) is 2. The van der Waals surface area contributed by atoms with Gasteiger partial charge < -0.3 is 9.97 Å². The summed E-state index contributed by atoms with van der Waals surface area (Å²) in [6.45, 7) is 1.73. The summed E-state index contributed by atoms with van der Waals surface area (Å²) in [7, 11) is 0. The van der Waals surface area contributed by atoms with Crippen LogP contribution in [0.25, 0.3) is 11.4 Å². The van der Waals surface area contributed by atoms with Gasteiger partial charge in [0.2, 0.25) is 5.56 Å². The number of rotatable bonds is 1. The summed E-state index contributed by atoms with van der Waals surface area (Å²) in [5.74, 6) is 0. The molecule has 0 aromatic carbocycles. The zero-order chi connectivity index (χ0) is 10.8. The summed E-state index contributed by atoms with van der Waals surface area (Å²) in [6, 6.07) is 8.30. The molecule has 0 amide bonds. The van der Waals surface area contributed by atoms with E-state index in [9.17, 15) is 9.59 Å². The van der Waals surface area contributed by atoms with Crippen molar-refractivity contribution in [3.8, 4) is 11.4 Å². The molecule has 0 atom stereocenters. The van der Waals surface area contributed by atoms with Crippen molar-refractivity contribution in [1.29, 1.82) is 0 Å². The van der Waals surface area contributed by atoms with Crippen LogP contribution in [0, 0.1) is 6.92 Å². The van der Waals surface area contributed by atoms with Gasteiger partial charge in [0.25, 0.3) is 5.56 Å². The Labute approximate surface area is 85.6 Å². The van der Waals surface area contributed by atoms with Gasteiger partial charge in [-0.05, 0) is 19.1 Å². The fourth-order valence-electron chi connectivity index (χ4n) is 1.31. The number of hydrogen-bond acceptors (Lipinski definition) is 2. The van der Waals surface area contributed by atoms with Crippen molar-refractivity contribution in [3.05, 3.63) is 56.6 Å². The minimum Gasteiger partial charge on any atom is -0.321 e. The maximum atomic E-state index is 11.4. The van der Waals surface area contributed by atoms with Gasteiger partial charge in [0.1, 0.15) is 0 Å². The molecule has 0 saturated carbocycles. The van der Waals surface area contributed by atoms with Crippen LogP contribution in [-0.2, 0) is 0 Å². The lowest BCUT2D eigenvalue weighted by Gasteiger charge is -2.00. The normalized spacial score (nSPS) is 10.2. The van der Waals surface area contributed by atoms with E-state index in [2.05, 4.69) is 9.97 Å². The average molecular weight is 202 g/mol. The first-order valence-corrected chi connectivity index (χ1v) is 4.56. The lowest BCUT2D eigenvalue weighted by molar-refractivity contribution is 1.15. The minimum absolute atomic E-state index is 0.141. The van der Waals surface area contributed by atoms with Crippen LogP contribution in [0.2, 0.25) is 0 Å². The average Bonchev–Trinajstić information content (AvgIpc) is 2.22. The van der Waals surface area contributed by atoms with Gasteiger partial charge in [0.05, 0.1) is 11.4 Å². The van der Waals surface area contributed by atoms with Crippen molar-refractivity contribution in [1.82, 2.24) is 9.97 Å². The molecule has 15 heavy (non-hydrogen) atoms. The van der Waals surface area contributed by atoms with Crippen molar-refractivity contribution in [2.45, 2.75) is 6.92 Å². The number of nitrogens with one attached hydrogen (secondary N) is 2. The SMILES string of the molecule is Cc1ccc(-c2cccc(=O)[nH]2)[nH]c1=O. The number of aryl methyl sites for hydroxylation is 1. The van der Waals surface area contributed by atoms with Crippen LogP contribution in [0.15, 0.2) is 39.9 Å². The van der Waals surface area contributed by atoms with Crippen molar-refractivity contribution < 1.29 is 0 Å². The van der Waals surface area contributed by atoms with E-state index >= 15 is 0 Å². The Hall–Kier alpha value is -2.10. The first kappa shape index (κ1) is 9.45. The van der Waals surface area contributed by atoms with Gasteiger partial charge in [-0.1, -0.05) is 12.1 Å². The van der Waals surface area contributed by atoms with Crippen molar-refractivity contribution in [3.63, 3.8) is 0 Å². The van der Waals surface area contributed by atoms with Gasteiger partial charge in [-0.3, -0.25) is 9.59 Å². The molecular weight excluding hydrogens is 192 g/mol. The third-order valence-electron chi connectivity index (χ3n) is 2.16. The fourth-order valence-corrected chi connectivity index (χ4v) is 1.31. The van der Waals surface area contributed by atoms with Gasteiger partial charge in [-0.2, -0.15) is 0 Å². The topological polar surface area (TPSA) is 65.7 Å². The van der Waals surface area contributed by atoms with Crippen LogP contribution >= 0.6 is 0 Å². The van der Waals surface area contributed by atoms with E-state index in [1.54, 1.807) is 31.2 Å². The van der Waals surface area contributed by atoms with E-state index in [0.717, 1.165) is 0 Å². The molecule has 4 heteroatoms. The second-order valence-corrected chi connectivity index (χ2v) is 3.31. The Balaban J connectivity index is 2.60. The zero-order valence-corrected chi connectivity index (χ0v) is 8.20. The molecular formula is C11H10N2O2. The zero-order valence-electron chi connectivity index (χ0n) is 8.20. The second-order valence-electron chi connectivity index (χ2n) is 3.31. The Morgan fingerprint density at radius 2 is 1.67 bits per heavy atom. The maximum Gasteiger partial charge on any atom is 0.251 e. The summed E-state index contributed by atoms with van der Waals surface area (Å²) >= 11 is 0. The highest BCUT2D eigenvalue weighted by Crippen LogP contribution is 2.09. The molecule has 0 spiro atoms. The number of pyridine rings is 2. The molecule has 0 bridgehead atoms. The van der Waals surface area contributed by atoms with E-state index in [4.69, 9.17) is 0 Å².